The minimum Gasteiger partial charge on any atom is -0.323 e. The summed E-state index contributed by atoms with van der Waals surface area (Å²) in [4.78, 5) is 14.8. The van der Waals surface area contributed by atoms with Gasteiger partial charge in [0.1, 0.15) is 0 Å². The molecule has 3 nitrogen and oxygen atoms in total. The lowest BCUT2D eigenvalue weighted by molar-refractivity contribution is -0.137. The van der Waals surface area contributed by atoms with Crippen molar-refractivity contribution in [2.45, 2.75) is 6.18 Å². The van der Waals surface area contributed by atoms with Crippen LogP contribution in [-0.2, 0) is 6.18 Å². The number of amides is 1. The first-order valence-electron chi connectivity index (χ1n) is 4.49. The molecule has 0 radical (unpaired) electrons. The van der Waals surface area contributed by atoms with Gasteiger partial charge in [0.25, 0.3) is 5.91 Å². The van der Waals surface area contributed by atoms with E-state index in [9.17, 15) is 18.0 Å². The molecule has 0 aliphatic heterocycles. The molecular weight excluding hydrogens is 233 g/mol. The minimum atomic E-state index is -4.53. The molecule has 1 aromatic heterocycles. The molecule has 1 rings (SSSR count). The number of rotatable bonds is 3. The van der Waals surface area contributed by atoms with E-state index in [4.69, 9.17) is 0 Å². The molecule has 17 heavy (non-hydrogen) atoms. The lowest BCUT2D eigenvalue weighted by Crippen LogP contribution is -2.22. The number of hydrogen-bond acceptors (Lipinski definition) is 2. The number of alkyl halides is 3. The van der Waals surface area contributed by atoms with E-state index in [1.54, 1.807) is 0 Å². The summed E-state index contributed by atoms with van der Waals surface area (Å²) in [6, 6.07) is 0.721. The summed E-state index contributed by atoms with van der Waals surface area (Å²) in [5, 5.41) is 2.27. The summed E-state index contributed by atoms with van der Waals surface area (Å²) in [6.45, 7) is 6.77. The Morgan fingerprint density at radius 2 is 2.06 bits per heavy atom. The van der Waals surface area contributed by atoms with E-state index in [0.717, 1.165) is 12.3 Å². The third-order valence-electron chi connectivity index (χ3n) is 1.85. The molecule has 0 aliphatic rings. The number of carbonyl (C=O) groups excluding carboxylic acids is 1. The van der Waals surface area contributed by atoms with E-state index in [-0.39, 0.29) is 11.3 Å². The second kappa shape index (κ2) is 4.82. The highest BCUT2D eigenvalue weighted by molar-refractivity contribution is 5.95. The smallest absolute Gasteiger partial charge is 0.323 e. The number of nitrogens with zero attached hydrogens (tertiary/aromatic N) is 1. The van der Waals surface area contributed by atoms with Crippen molar-refractivity contribution in [3.63, 3.8) is 0 Å². The molecule has 0 aliphatic carbocycles. The average Bonchev–Trinajstić information content (AvgIpc) is 2.28. The predicted octanol–water partition coefficient (Wildman–Crippen LogP) is 2.53. The number of allylic oxidation sites excluding steroid dienone is 1. The van der Waals surface area contributed by atoms with E-state index in [0.29, 0.717) is 6.20 Å². The van der Waals surface area contributed by atoms with Crippen LogP contribution in [0, 0.1) is 0 Å². The van der Waals surface area contributed by atoms with Crippen molar-refractivity contribution in [3.8, 4) is 0 Å². The highest BCUT2D eigenvalue weighted by atomic mass is 19.4. The topological polar surface area (TPSA) is 42.0 Å². The van der Waals surface area contributed by atoms with Crippen LogP contribution in [0.5, 0.6) is 0 Å². The molecular formula is C11H9F3N2O. The third-order valence-corrected chi connectivity index (χ3v) is 1.85. The quantitative estimate of drug-likeness (QED) is 0.827. The third kappa shape index (κ3) is 3.44. The highest BCUT2D eigenvalue weighted by Crippen LogP contribution is 2.28. The summed E-state index contributed by atoms with van der Waals surface area (Å²) in [7, 11) is 0. The number of nitrogens with one attached hydrogen (secondary N) is 1. The molecule has 0 spiro atoms. The van der Waals surface area contributed by atoms with Gasteiger partial charge in [0.05, 0.1) is 11.1 Å². The van der Waals surface area contributed by atoms with E-state index in [1.165, 1.54) is 6.08 Å². The van der Waals surface area contributed by atoms with Crippen LogP contribution in [0.25, 0.3) is 0 Å². The van der Waals surface area contributed by atoms with Crippen LogP contribution < -0.4 is 5.32 Å². The molecule has 0 unspecified atom stereocenters. The van der Waals surface area contributed by atoms with Gasteiger partial charge in [-0.3, -0.25) is 9.78 Å². The Morgan fingerprint density at radius 1 is 1.41 bits per heavy atom. The summed E-state index contributed by atoms with van der Waals surface area (Å²) in [5.41, 5.74) is -0.968. The Kier molecular flexibility index (Phi) is 3.67. The van der Waals surface area contributed by atoms with Crippen molar-refractivity contribution < 1.29 is 18.0 Å². The van der Waals surface area contributed by atoms with E-state index in [1.807, 2.05) is 0 Å². The lowest BCUT2D eigenvalue weighted by Gasteiger charge is -2.08. The number of aromatic nitrogens is 1. The maximum Gasteiger partial charge on any atom is 0.417 e. The Balaban J connectivity index is 2.96. The van der Waals surface area contributed by atoms with Crippen LogP contribution in [0.3, 0.4) is 0 Å². The van der Waals surface area contributed by atoms with Crippen molar-refractivity contribution in [1.82, 2.24) is 10.3 Å². The number of hydrogen-bond donors (Lipinski definition) is 1. The van der Waals surface area contributed by atoms with Crippen LogP contribution >= 0.6 is 0 Å². The first-order chi connectivity index (χ1) is 7.84. The van der Waals surface area contributed by atoms with Crippen LogP contribution in [0.4, 0.5) is 13.2 Å². The highest BCUT2D eigenvalue weighted by Gasteiger charge is 2.31. The van der Waals surface area contributed by atoms with Gasteiger partial charge in [0.2, 0.25) is 0 Å². The van der Waals surface area contributed by atoms with Crippen LogP contribution in [0.2, 0.25) is 0 Å². The normalized spacial score (nSPS) is 10.8. The van der Waals surface area contributed by atoms with Crippen LogP contribution in [-0.4, -0.2) is 10.9 Å². The van der Waals surface area contributed by atoms with Crippen LogP contribution in [0.1, 0.15) is 15.9 Å². The molecule has 0 aromatic carbocycles. The standard InChI is InChI=1S/C11H9F3N2O/c1-3-7(2)16-10(17)8-4-9(6-15-5-8)11(12,13)14/h3-6H,1-2H2,(H,16,17). The number of halogens is 3. The zero-order valence-electron chi connectivity index (χ0n) is 8.71. The molecule has 1 heterocycles. The van der Waals surface area contributed by atoms with Gasteiger partial charge in [0.15, 0.2) is 0 Å². The maximum atomic E-state index is 12.4. The molecule has 0 saturated carbocycles. The van der Waals surface area contributed by atoms with Gasteiger partial charge in [-0.15, -0.1) is 0 Å². The monoisotopic (exact) mass is 242 g/mol. The minimum absolute atomic E-state index is 0.192. The molecule has 6 heteroatoms. The average molecular weight is 242 g/mol. The van der Waals surface area contributed by atoms with Gasteiger partial charge in [-0.2, -0.15) is 13.2 Å². The number of pyridine rings is 1. The predicted molar refractivity (Wildman–Crippen MR) is 56.0 cm³/mol. The van der Waals surface area contributed by atoms with Gasteiger partial charge >= 0.3 is 6.18 Å². The molecule has 0 saturated heterocycles. The second-order valence-electron chi connectivity index (χ2n) is 3.14. The van der Waals surface area contributed by atoms with Crippen molar-refractivity contribution in [1.29, 1.82) is 0 Å². The largest absolute Gasteiger partial charge is 0.417 e. The van der Waals surface area contributed by atoms with Gasteiger partial charge in [-0.05, 0) is 12.1 Å². The summed E-state index contributed by atoms with van der Waals surface area (Å²) < 4.78 is 37.1. The summed E-state index contributed by atoms with van der Waals surface area (Å²) >= 11 is 0. The molecule has 1 amide bonds. The molecule has 0 bridgehead atoms. The lowest BCUT2D eigenvalue weighted by atomic mass is 10.2. The SMILES string of the molecule is C=CC(=C)NC(=O)c1cncc(C(F)(F)F)c1. The molecule has 1 N–H and O–H groups in total. The number of carbonyl (C=O) groups is 1. The first-order valence-corrected chi connectivity index (χ1v) is 4.49. The molecule has 0 atom stereocenters. The van der Waals surface area contributed by atoms with Gasteiger partial charge in [-0.25, -0.2) is 0 Å². The Morgan fingerprint density at radius 3 is 2.59 bits per heavy atom. The van der Waals surface area contributed by atoms with Crippen LogP contribution in [0.15, 0.2) is 43.4 Å². The Bertz CT molecular complexity index is 466. The molecule has 90 valence electrons. The van der Waals surface area contributed by atoms with E-state index < -0.39 is 17.6 Å². The Labute approximate surface area is 95.7 Å². The zero-order chi connectivity index (χ0) is 13.1. The fraction of sp³-hybridized carbons (Fsp3) is 0.0909. The van der Waals surface area contributed by atoms with E-state index >= 15 is 0 Å². The summed E-state index contributed by atoms with van der Waals surface area (Å²) in [6.07, 6.45) is -1.56. The van der Waals surface area contributed by atoms with Gasteiger partial charge < -0.3 is 5.32 Å². The van der Waals surface area contributed by atoms with E-state index in [2.05, 4.69) is 23.5 Å². The fourth-order valence-electron chi connectivity index (χ4n) is 0.988. The van der Waals surface area contributed by atoms with Crippen molar-refractivity contribution in [2.75, 3.05) is 0 Å². The van der Waals surface area contributed by atoms with Gasteiger partial charge in [0, 0.05) is 18.1 Å². The maximum absolute atomic E-state index is 12.4. The zero-order valence-corrected chi connectivity index (χ0v) is 8.71. The molecule has 0 fully saturated rings. The van der Waals surface area contributed by atoms with Crippen molar-refractivity contribution in [3.05, 3.63) is 54.5 Å². The van der Waals surface area contributed by atoms with Gasteiger partial charge in [-0.1, -0.05) is 13.2 Å². The Hall–Kier alpha value is -2.11. The second-order valence-corrected chi connectivity index (χ2v) is 3.14. The molecule has 1 aromatic rings. The van der Waals surface area contributed by atoms with Crippen molar-refractivity contribution in [2.24, 2.45) is 0 Å². The fourth-order valence-corrected chi connectivity index (χ4v) is 0.988. The summed E-state index contributed by atoms with van der Waals surface area (Å²) in [5.74, 6) is -0.714. The first kappa shape index (κ1) is 13.0. The van der Waals surface area contributed by atoms with Crippen molar-refractivity contribution >= 4 is 5.91 Å².